The first-order valence-electron chi connectivity index (χ1n) is 9.80. The number of aromatic hydroxyl groups is 2. The zero-order valence-corrected chi connectivity index (χ0v) is 17.4. The summed E-state index contributed by atoms with van der Waals surface area (Å²) in [6.45, 7) is 0. The zero-order valence-electron chi connectivity index (χ0n) is 15.8. The normalized spacial score (nSPS) is 14.1. The van der Waals surface area contributed by atoms with Gasteiger partial charge >= 0.3 is 0 Å². The first-order valence-corrected chi connectivity index (χ1v) is 10.9. The number of rotatable bonds is 7. The summed E-state index contributed by atoms with van der Waals surface area (Å²) in [7, 11) is 0. The van der Waals surface area contributed by atoms with Crippen LogP contribution >= 0.6 is 15.9 Å². The largest absolute Gasteiger partial charge is 0.505 e. The Labute approximate surface area is 173 Å². The molecule has 2 N–H and O–H groups in total. The minimum atomic E-state index is -0.648. The van der Waals surface area contributed by atoms with Crippen molar-refractivity contribution in [2.45, 2.75) is 51.4 Å². The third-order valence-corrected chi connectivity index (χ3v) is 5.90. The van der Waals surface area contributed by atoms with Gasteiger partial charge in [-0.05, 0) is 90.6 Å². The molecule has 28 heavy (non-hydrogen) atoms. The van der Waals surface area contributed by atoms with Crippen LogP contribution in [0.5, 0.6) is 11.5 Å². The standard InChI is InChI=1S/C23H25BrF2O2/c24-11-4-2-1-3-7-18-17(16-9-10-20(25)22(27)13-16)8-5-6-15-12-23(28)21(26)14-19(15)18/h9-10,12-14,27-28H,1-8,11H2. The summed E-state index contributed by atoms with van der Waals surface area (Å²) in [5.41, 5.74) is 4.61. The molecule has 0 heterocycles. The quantitative estimate of drug-likeness (QED) is 0.353. The Kier molecular flexibility index (Phi) is 7.11. The maximum absolute atomic E-state index is 14.2. The number of phenols is 2. The third-order valence-electron chi connectivity index (χ3n) is 5.34. The highest BCUT2D eigenvalue weighted by molar-refractivity contribution is 9.09. The molecule has 0 radical (unpaired) electrons. The van der Waals surface area contributed by atoms with Gasteiger partial charge in [-0.15, -0.1) is 0 Å². The van der Waals surface area contributed by atoms with Crippen molar-refractivity contribution in [2.24, 2.45) is 0 Å². The summed E-state index contributed by atoms with van der Waals surface area (Å²) in [4.78, 5) is 0. The average molecular weight is 451 g/mol. The summed E-state index contributed by atoms with van der Waals surface area (Å²) in [6.07, 6.45) is 7.43. The summed E-state index contributed by atoms with van der Waals surface area (Å²) >= 11 is 3.45. The Morgan fingerprint density at radius 2 is 1.61 bits per heavy atom. The highest BCUT2D eigenvalue weighted by Crippen LogP contribution is 2.41. The fraction of sp³-hybridized carbons (Fsp3) is 0.391. The van der Waals surface area contributed by atoms with Crippen molar-refractivity contribution >= 4 is 27.1 Å². The number of allylic oxidation sites excluding steroid dienone is 2. The highest BCUT2D eigenvalue weighted by Gasteiger charge is 2.21. The predicted octanol–water partition coefficient (Wildman–Crippen LogP) is 6.97. The molecule has 2 nitrogen and oxygen atoms in total. The number of unbranched alkanes of at least 4 members (excludes halogenated alkanes) is 3. The van der Waals surface area contributed by atoms with E-state index in [0.29, 0.717) is 0 Å². The van der Waals surface area contributed by atoms with Gasteiger partial charge < -0.3 is 10.2 Å². The zero-order chi connectivity index (χ0) is 20.1. The van der Waals surface area contributed by atoms with Crippen LogP contribution in [0, 0.1) is 11.6 Å². The molecular weight excluding hydrogens is 426 g/mol. The Bertz CT molecular complexity index is 877. The monoisotopic (exact) mass is 450 g/mol. The van der Waals surface area contributed by atoms with Crippen molar-refractivity contribution in [1.82, 2.24) is 0 Å². The number of hydrogen-bond donors (Lipinski definition) is 2. The van der Waals surface area contributed by atoms with Gasteiger partial charge in [0.2, 0.25) is 0 Å². The molecule has 2 aromatic carbocycles. The molecule has 1 aliphatic rings. The second-order valence-corrected chi connectivity index (χ2v) is 8.08. The predicted molar refractivity (Wildman–Crippen MR) is 113 cm³/mol. The van der Waals surface area contributed by atoms with Gasteiger partial charge in [0, 0.05) is 5.33 Å². The van der Waals surface area contributed by atoms with E-state index in [0.717, 1.165) is 84.5 Å². The summed E-state index contributed by atoms with van der Waals surface area (Å²) < 4.78 is 27.7. The lowest BCUT2D eigenvalue weighted by Gasteiger charge is -2.17. The molecule has 150 valence electrons. The molecule has 0 bridgehead atoms. The maximum atomic E-state index is 14.2. The number of benzene rings is 2. The molecule has 0 aromatic heterocycles. The van der Waals surface area contributed by atoms with Crippen molar-refractivity contribution in [3.63, 3.8) is 0 Å². The van der Waals surface area contributed by atoms with Crippen molar-refractivity contribution < 1.29 is 19.0 Å². The lowest BCUT2D eigenvalue weighted by Crippen LogP contribution is -1.97. The Hall–Kier alpha value is -1.88. The molecule has 1 aliphatic carbocycles. The molecule has 0 fully saturated rings. The van der Waals surface area contributed by atoms with Crippen molar-refractivity contribution in [3.8, 4) is 11.5 Å². The molecule has 0 saturated heterocycles. The van der Waals surface area contributed by atoms with Gasteiger partial charge in [-0.1, -0.05) is 34.8 Å². The number of aryl methyl sites for hydroxylation is 1. The van der Waals surface area contributed by atoms with Gasteiger partial charge in [0.15, 0.2) is 23.1 Å². The van der Waals surface area contributed by atoms with Crippen LogP contribution < -0.4 is 0 Å². The lowest BCUT2D eigenvalue weighted by atomic mass is 9.89. The van der Waals surface area contributed by atoms with E-state index < -0.39 is 11.6 Å². The molecule has 0 atom stereocenters. The topological polar surface area (TPSA) is 40.5 Å². The van der Waals surface area contributed by atoms with E-state index in [4.69, 9.17) is 0 Å². The van der Waals surface area contributed by atoms with Crippen LogP contribution in [0.3, 0.4) is 0 Å². The minimum Gasteiger partial charge on any atom is -0.505 e. The van der Waals surface area contributed by atoms with Crippen LogP contribution in [0.25, 0.3) is 11.1 Å². The SMILES string of the molecule is Oc1cc(C2=C(CCCCCCBr)c3cc(F)c(O)cc3CCC2)ccc1F. The Morgan fingerprint density at radius 3 is 2.36 bits per heavy atom. The van der Waals surface area contributed by atoms with Crippen LogP contribution in [0.1, 0.15) is 61.6 Å². The molecule has 0 saturated carbocycles. The van der Waals surface area contributed by atoms with E-state index in [9.17, 15) is 19.0 Å². The van der Waals surface area contributed by atoms with Gasteiger partial charge in [0.25, 0.3) is 0 Å². The first-order chi connectivity index (χ1) is 13.5. The fourth-order valence-corrected chi connectivity index (χ4v) is 4.31. The lowest BCUT2D eigenvalue weighted by molar-refractivity contribution is 0.431. The van der Waals surface area contributed by atoms with Crippen LogP contribution in [-0.4, -0.2) is 15.5 Å². The summed E-state index contributed by atoms with van der Waals surface area (Å²) in [6, 6.07) is 7.36. The number of fused-ring (bicyclic) bond motifs is 1. The first kappa shape index (κ1) is 20.8. The third kappa shape index (κ3) is 4.75. The van der Waals surface area contributed by atoms with Gasteiger partial charge in [-0.25, -0.2) is 8.78 Å². The van der Waals surface area contributed by atoms with Crippen LogP contribution in [0.4, 0.5) is 8.78 Å². The number of phenolic OH excluding ortho intramolecular Hbond substituents is 2. The van der Waals surface area contributed by atoms with Gasteiger partial charge in [-0.3, -0.25) is 0 Å². The smallest absolute Gasteiger partial charge is 0.165 e. The molecule has 0 amide bonds. The molecule has 3 rings (SSSR count). The Balaban J connectivity index is 2.04. The van der Waals surface area contributed by atoms with Crippen LogP contribution in [0.2, 0.25) is 0 Å². The summed E-state index contributed by atoms with van der Waals surface area (Å²) in [5.74, 6) is -1.97. The van der Waals surface area contributed by atoms with E-state index in [2.05, 4.69) is 15.9 Å². The highest BCUT2D eigenvalue weighted by atomic mass is 79.9. The molecule has 2 aromatic rings. The minimum absolute atomic E-state index is 0.321. The van der Waals surface area contributed by atoms with E-state index in [1.807, 2.05) is 0 Å². The van der Waals surface area contributed by atoms with E-state index in [1.165, 1.54) is 24.3 Å². The average Bonchev–Trinajstić information content (AvgIpc) is 2.84. The molecule has 0 aliphatic heterocycles. The number of halogens is 3. The number of hydrogen-bond acceptors (Lipinski definition) is 2. The van der Waals surface area contributed by atoms with Crippen molar-refractivity contribution in [3.05, 3.63) is 58.7 Å². The maximum Gasteiger partial charge on any atom is 0.165 e. The second-order valence-electron chi connectivity index (χ2n) is 7.29. The van der Waals surface area contributed by atoms with E-state index in [-0.39, 0.29) is 11.5 Å². The van der Waals surface area contributed by atoms with Gasteiger partial charge in [0.1, 0.15) is 0 Å². The van der Waals surface area contributed by atoms with Gasteiger partial charge in [0.05, 0.1) is 0 Å². The van der Waals surface area contributed by atoms with E-state index in [1.54, 1.807) is 6.07 Å². The Morgan fingerprint density at radius 1 is 0.857 bits per heavy atom. The summed E-state index contributed by atoms with van der Waals surface area (Å²) in [5, 5.41) is 20.6. The van der Waals surface area contributed by atoms with E-state index >= 15 is 0 Å². The van der Waals surface area contributed by atoms with Crippen molar-refractivity contribution in [2.75, 3.05) is 5.33 Å². The molecule has 0 unspecified atom stereocenters. The van der Waals surface area contributed by atoms with Gasteiger partial charge in [-0.2, -0.15) is 0 Å². The van der Waals surface area contributed by atoms with Crippen LogP contribution in [-0.2, 0) is 6.42 Å². The second kappa shape index (κ2) is 9.55. The molecular formula is C23H25BrF2O2. The molecule has 0 spiro atoms. The fourth-order valence-electron chi connectivity index (χ4n) is 3.92. The van der Waals surface area contributed by atoms with Crippen molar-refractivity contribution in [1.29, 1.82) is 0 Å². The number of alkyl halides is 1. The van der Waals surface area contributed by atoms with Crippen LogP contribution in [0.15, 0.2) is 30.3 Å². The molecule has 5 heteroatoms.